The summed E-state index contributed by atoms with van der Waals surface area (Å²) in [6.07, 6.45) is 4.01. The van der Waals surface area contributed by atoms with Gasteiger partial charge in [0.05, 0.1) is 15.9 Å². The van der Waals surface area contributed by atoms with E-state index in [4.69, 9.17) is 0 Å². The van der Waals surface area contributed by atoms with E-state index in [0.717, 1.165) is 18.8 Å². The molecule has 0 bridgehead atoms. The van der Waals surface area contributed by atoms with Crippen molar-refractivity contribution in [2.75, 3.05) is 0 Å². The van der Waals surface area contributed by atoms with Gasteiger partial charge in [-0.05, 0) is 56.5 Å². The van der Waals surface area contributed by atoms with E-state index in [0.29, 0.717) is 12.1 Å². The zero-order valence-electron chi connectivity index (χ0n) is 11.9. The van der Waals surface area contributed by atoms with Gasteiger partial charge in [-0.3, -0.25) is 9.58 Å². The number of hydrogen-bond acceptors (Lipinski definition) is 2. The minimum atomic E-state index is 0.682. The maximum absolute atomic E-state index is 4.59. The van der Waals surface area contributed by atoms with Crippen LogP contribution in [0.25, 0.3) is 0 Å². The molecule has 18 heavy (non-hydrogen) atoms. The summed E-state index contributed by atoms with van der Waals surface area (Å²) in [5.74, 6) is 0. The zero-order valence-corrected chi connectivity index (χ0v) is 13.5. The first-order valence-corrected chi connectivity index (χ1v) is 7.81. The van der Waals surface area contributed by atoms with E-state index >= 15 is 0 Å². The van der Waals surface area contributed by atoms with Gasteiger partial charge in [-0.15, -0.1) is 0 Å². The molecule has 0 amide bonds. The smallest absolute Gasteiger partial charge is 0.0739 e. The first-order chi connectivity index (χ1) is 8.54. The van der Waals surface area contributed by atoms with E-state index in [9.17, 15) is 0 Å². The molecule has 2 rings (SSSR count). The molecule has 1 aliphatic rings. The van der Waals surface area contributed by atoms with E-state index in [1.807, 2.05) is 0 Å². The van der Waals surface area contributed by atoms with Gasteiger partial charge in [-0.25, -0.2) is 0 Å². The fourth-order valence-corrected chi connectivity index (χ4v) is 3.39. The Bertz CT molecular complexity index is 403. The molecule has 0 aromatic carbocycles. The maximum Gasteiger partial charge on any atom is 0.0739 e. The lowest BCUT2D eigenvalue weighted by Gasteiger charge is -2.39. The standard InChI is InChI=1S/C14H24BrN3/c1-5-18-13(14(15)12(4)16-18)9-17-10(2)7-6-8-11(17)3/h10-11H,5-9H2,1-4H3/t10-,11+. The molecule has 3 nitrogen and oxygen atoms in total. The van der Waals surface area contributed by atoms with Crippen LogP contribution in [0.4, 0.5) is 0 Å². The van der Waals surface area contributed by atoms with Crippen molar-refractivity contribution in [1.29, 1.82) is 0 Å². The minimum absolute atomic E-state index is 0.682. The van der Waals surface area contributed by atoms with Crippen LogP contribution in [-0.4, -0.2) is 26.8 Å². The molecular weight excluding hydrogens is 290 g/mol. The third kappa shape index (κ3) is 2.64. The Kier molecular flexibility index (Phi) is 4.49. The van der Waals surface area contributed by atoms with Crippen molar-refractivity contribution >= 4 is 15.9 Å². The molecule has 0 radical (unpaired) electrons. The third-order valence-electron chi connectivity index (χ3n) is 4.16. The summed E-state index contributed by atoms with van der Waals surface area (Å²) >= 11 is 3.70. The van der Waals surface area contributed by atoms with Gasteiger partial charge in [0.1, 0.15) is 0 Å². The summed E-state index contributed by atoms with van der Waals surface area (Å²) in [6.45, 7) is 10.9. The molecule has 2 heterocycles. The summed E-state index contributed by atoms with van der Waals surface area (Å²) in [6, 6.07) is 1.36. The Balaban J connectivity index is 2.22. The molecular formula is C14H24BrN3. The lowest BCUT2D eigenvalue weighted by Crippen LogP contribution is -2.43. The van der Waals surface area contributed by atoms with Crippen molar-refractivity contribution in [1.82, 2.24) is 14.7 Å². The number of aryl methyl sites for hydroxylation is 2. The van der Waals surface area contributed by atoms with Gasteiger partial charge >= 0.3 is 0 Å². The summed E-state index contributed by atoms with van der Waals surface area (Å²) in [5.41, 5.74) is 2.43. The Morgan fingerprint density at radius 1 is 1.28 bits per heavy atom. The van der Waals surface area contributed by atoms with Crippen LogP contribution in [0.15, 0.2) is 4.47 Å². The molecule has 2 atom stereocenters. The Morgan fingerprint density at radius 2 is 1.89 bits per heavy atom. The largest absolute Gasteiger partial charge is 0.292 e. The van der Waals surface area contributed by atoms with Crippen molar-refractivity contribution in [2.24, 2.45) is 0 Å². The monoisotopic (exact) mass is 313 g/mol. The normalized spacial score (nSPS) is 25.6. The highest BCUT2D eigenvalue weighted by molar-refractivity contribution is 9.10. The van der Waals surface area contributed by atoms with E-state index in [2.05, 4.69) is 58.3 Å². The summed E-state index contributed by atoms with van der Waals surface area (Å²) in [7, 11) is 0. The fraction of sp³-hybridized carbons (Fsp3) is 0.786. The molecule has 0 saturated carbocycles. The predicted octanol–water partition coefficient (Wildman–Crippen LogP) is 3.74. The number of halogens is 1. The topological polar surface area (TPSA) is 21.1 Å². The molecule has 1 saturated heterocycles. The highest BCUT2D eigenvalue weighted by Gasteiger charge is 2.26. The van der Waals surface area contributed by atoms with Crippen LogP contribution in [0.2, 0.25) is 0 Å². The van der Waals surface area contributed by atoms with Crippen molar-refractivity contribution < 1.29 is 0 Å². The lowest BCUT2D eigenvalue weighted by atomic mass is 9.97. The minimum Gasteiger partial charge on any atom is -0.292 e. The average molecular weight is 314 g/mol. The highest BCUT2D eigenvalue weighted by Crippen LogP contribution is 2.28. The molecule has 1 aliphatic heterocycles. The van der Waals surface area contributed by atoms with E-state index in [1.165, 1.54) is 29.4 Å². The molecule has 1 aromatic heterocycles. The number of nitrogens with zero attached hydrogens (tertiary/aromatic N) is 3. The second kappa shape index (κ2) is 5.74. The van der Waals surface area contributed by atoms with Crippen LogP contribution in [0.3, 0.4) is 0 Å². The van der Waals surface area contributed by atoms with Crippen LogP contribution in [0.5, 0.6) is 0 Å². The lowest BCUT2D eigenvalue weighted by molar-refractivity contribution is 0.0918. The van der Waals surface area contributed by atoms with Crippen LogP contribution >= 0.6 is 15.9 Å². The van der Waals surface area contributed by atoms with Gasteiger partial charge in [-0.1, -0.05) is 6.42 Å². The first kappa shape index (κ1) is 14.1. The van der Waals surface area contributed by atoms with Gasteiger partial charge in [0, 0.05) is 25.2 Å². The van der Waals surface area contributed by atoms with Crippen molar-refractivity contribution in [3.63, 3.8) is 0 Å². The van der Waals surface area contributed by atoms with Crippen molar-refractivity contribution in [2.45, 2.75) is 72.1 Å². The summed E-state index contributed by atoms with van der Waals surface area (Å²) < 4.78 is 3.32. The highest BCUT2D eigenvalue weighted by atomic mass is 79.9. The zero-order chi connectivity index (χ0) is 13.3. The fourth-order valence-electron chi connectivity index (χ4n) is 2.98. The number of likely N-dealkylation sites (tertiary alicyclic amines) is 1. The van der Waals surface area contributed by atoms with Crippen molar-refractivity contribution in [3.8, 4) is 0 Å². The summed E-state index contributed by atoms with van der Waals surface area (Å²) in [5, 5.41) is 4.59. The molecule has 102 valence electrons. The molecule has 1 fully saturated rings. The Labute approximate surface area is 119 Å². The average Bonchev–Trinajstić information content (AvgIpc) is 2.61. The number of aromatic nitrogens is 2. The predicted molar refractivity (Wildman–Crippen MR) is 78.7 cm³/mol. The quantitative estimate of drug-likeness (QED) is 0.847. The molecule has 0 unspecified atom stereocenters. The summed E-state index contributed by atoms with van der Waals surface area (Å²) in [4.78, 5) is 2.62. The molecule has 0 N–H and O–H groups in total. The van der Waals surface area contributed by atoms with E-state index in [1.54, 1.807) is 0 Å². The second-order valence-electron chi connectivity index (χ2n) is 5.46. The van der Waals surface area contributed by atoms with Crippen LogP contribution in [0, 0.1) is 6.92 Å². The third-order valence-corrected chi connectivity index (χ3v) is 5.19. The molecule has 4 heteroatoms. The van der Waals surface area contributed by atoms with E-state index < -0.39 is 0 Å². The van der Waals surface area contributed by atoms with E-state index in [-0.39, 0.29) is 0 Å². The van der Waals surface area contributed by atoms with Crippen molar-refractivity contribution in [3.05, 3.63) is 15.9 Å². The first-order valence-electron chi connectivity index (χ1n) is 7.02. The van der Waals surface area contributed by atoms with Gasteiger partial charge in [-0.2, -0.15) is 5.10 Å². The van der Waals surface area contributed by atoms with Gasteiger partial charge in [0.25, 0.3) is 0 Å². The van der Waals surface area contributed by atoms with Gasteiger partial charge in [0.15, 0.2) is 0 Å². The van der Waals surface area contributed by atoms with Gasteiger partial charge in [0.2, 0.25) is 0 Å². The molecule has 0 spiro atoms. The number of hydrogen-bond donors (Lipinski definition) is 0. The maximum atomic E-state index is 4.59. The number of piperidine rings is 1. The second-order valence-corrected chi connectivity index (χ2v) is 6.26. The molecule has 1 aromatic rings. The van der Waals surface area contributed by atoms with Gasteiger partial charge < -0.3 is 0 Å². The SMILES string of the molecule is CCn1nc(C)c(Br)c1CN1[C@H](C)CCC[C@@H]1C. The van der Waals surface area contributed by atoms with Crippen LogP contribution in [0.1, 0.15) is 51.4 Å². The Hall–Kier alpha value is -0.350. The number of rotatable bonds is 3. The Morgan fingerprint density at radius 3 is 2.44 bits per heavy atom. The van der Waals surface area contributed by atoms with Crippen LogP contribution in [-0.2, 0) is 13.1 Å². The van der Waals surface area contributed by atoms with Crippen LogP contribution < -0.4 is 0 Å². The molecule has 0 aliphatic carbocycles.